The molecule has 7 heteroatoms. The number of rotatable bonds is 4. The van der Waals surface area contributed by atoms with Crippen molar-refractivity contribution in [2.75, 3.05) is 7.05 Å². The van der Waals surface area contributed by atoms with Crippen molar-refractivity contribution in [2.45, 2.75) is 57.7 Å². The fourth-order valence-electron chi connectivity index (χ4n) is 3.97. The molecule has 1 aromatic rings. The number of nitrogens with one attached hydrogen (secondary N) is 1. The highest BCUT2D eigenvalue weighted by Crippen LogP contribution is 2.32. The van der Waals surface area contributed by atoms with Gasteiger partial charge < -0.3 is 26.8 Å². The highest BCUT2D eigenvalue weighted by atomic mass is 79.9. The van der Waals surface area contributed by atoms with Gasteiger partial charge in [0.1, 0.15) is 11.6 Å². The summed E-state index contributed by atoms with van der Waals surface area (Å²) in [6.07, 6.45) is 5.07. The minimum absolute atomic E-state index is 0.00215. The minimum Gasteiger partial charge on any atom is -0.507 e. The molecule has 0 amide bonds. The second-order valence-electron chi connectivity index (χ2n) is 8.56. The summed E-state index contributed by atoms with van der Waals surface area (Å²) in [6, 6.07) is 2.92. The van der Waals surface area contributed by atoms with Crippen molar-refractivity contribution < 1.29 is 9.50 Å². The number of allylic oxidation sites excluding steroid dienone is 2. The second-order valence-corrected chi connectivity index (χ2v) is 9.48. The smallest absolute Gasteiger partial charge is 0.137 e. The predicted molar refractivity (Wildman–Crippen MR) is 112 cm³/mol. The lowest BCUT2D eigenvalue weighted by atomic mass is 9.79. The van der Waals surface area contributed by atoms with E-state index in [9.17, 15) is 9.50 Å². The monoisotopic (exact) mass is 440 g/mol. The number of nitrogens with zero attached hydrogens (tertiary/aromatic N) is 1. The highest BCUT2D eigenvalue weighted by Gasteiger charge is 2.39. The van der Waals surface area contributed by atoms with Crippen LogP contribution >= 0.6 is 15.9 Å². The van der Waals surface area contributed by atoms with Crippen molar-refractivity contribution in [1.29, 1.82) is 0 Å². The van der Waals surface area contributed by atoms with Gasteiger partial charge in [-0.2, -0.15) is 0 Å². The maximum Gasteiger partial charge on any atom is 0.137 e. The lowest BCUT2D eigenvalue weighted by Gasteiger charge is -2.49. The average molecular weight is 441 g/mol. The van der Waals surface area contributed by atoms with Gasteiger partial charge in [0.05, 0.1) is 11.4 Å². The van der Waals surface area contributed by atoms with E-state index in [1.54, 1.807) is 6.08 Å². The van der Waals surface area contributed by atoms with E-state index in [0.29, 0.717) is 10.3 Å². The number of benzene rings is 1. The molecular formula is C20H30BrFN4O. The maximum absolute atomic E-state index is 14.1. The van der Waals surface area contributed by atoms with Gasteiger partial charge in [0.25, 0.3) is 0 Å². The standard InChI is InChI=1S/C20H30BrFN4O/c1-19(2)10-13(11-20(3,4)25-19)26(5)17(24)7-6-15(23)18-14(22)8-12(21)9-16(18)27/h6-9,13,25,27H,10-11,23-24H2,1-5H3/b15-6-,17-7+. The first-order chi connectivity index (χ1) is 12.3. The first-order valence-corrected chi connectivity index (χ1v) is 9.74. The van der Waals surface area contributed by atoms with E-state index in [4.69, 9.17) is 11.5 Å². The van der Waals surface area contributed by atoms with Crippen LogP contribution in [-0.4, -0.2) is 34.2 Å². The molecule has 0 aliphatic carbocycles. The molecule has 0 radical (unpaired) electrons. The summed E-state index contributed by atoms with van der Waals surface area (Å²) >= 11 is 3.14. The van der Waals surface area contributed by atoms with Crippen LogP contribution in [0.25, 0.3) is 5.70 Å². The number of nitrogens with two attached hydrogens (primary N) is 2. The van der Waals surface area contributed by atoms with Gasteiger partial charge in [-0.25, -0.2) is 4.39 Å². The van der Waals surface area contributed by atoms with Crippen molar-refractivity contribution in [2.24, 2.45) is 11.5 Å². The first kappa shape index (κ1) is 21.6. The molecule has 1 aliphatic heterocycles. The van der Waals surface area contributed by atoms with Crippen LogP contribution in [0.15, 0.2) is 34.6 Å². The topological polar surface area (TPSA) is 87.5 Å². The Balaban J connectivity index is 2.23. The Morgan fingerprint density at radius 2 is 1.78 bits per heavy atom. The number of aromatic hydroxyl groups is 1. The van der Waals surface area contributed by atoms with Gasteiger partial charge in [-0.3, -0.25) is 0 Å². The molecule has 0 atom stereocenters. The Kier molecular flexibility index (Phi) is 6.16. The van der Waals surface area contributed by atoms with Crippen molar-refractivity contribution in [3.8, 4) is 5.75 Å². The fourth-order valence-corrected chi connectivity index (χ4v) is 4.39. The summed E-state index contributed by atoms with van der Waals surface area (Å²) in [5.74, 6) is -0.288. The minimum atomic E-state index is -0.599. The molecule has 150 valence electrons. The Hall–Kier alpha value is -1.73. The lowest BCUT2D eigenvalue weighted by molar-refractivity contribution is 0.0981. The van der Waals surface area contributed by atoms with Crippen molar-refractivity contribution in [3.63, 3.8) is 0 Å². The van der Waals surface area contributed by atoms with Crippen LogP contribution in [0.5, 0.6) is 5.75 Å². The predicted octanol–water partition coefficient (Wildman–Crippen LogP) is 3.63. The molecule has 2 rings (SSSR count). The fraction of sp³-hybridized carbons (Fsp3) is 0.500. The van der Waals surface area contributed by atoms with Crippen LogP contribution in [0.1, 0.15) is 46.1 Å². The number of piperidine rings is 1. The molecule has 0 bridgehead atoms. The maximum atomic E-state index is 14.1. The highest BCUT2D eigenvalue weighted by molar-refractivity contribution is 9.10. The molecule has 0 aromatic heterocycles. The quantitative estimate of drug-likeness (QED) is 0.536. The van der Waals surface area contributed by atoms with E-state index in [0.717, 1.165) is 12.8 Å². The van der Waals surface area contributed by atoms with Crippen LogP contribution in [0.2, 0.25) is 0 Å². The summed E-state index contributed by atoms with van der Waals surface area (Å²) in [4.78, 5) is 2.03. The third-order valence-electron chi connectivity index (χ3n) is 4.88. The summed E-state index contributed by atoms with van der Waals surface area (Å²) in [7, 11) is 1.95. The Morgan fingerprint density at radius 1 is 1.22 bits per heavy atom. The molecule has 1 fully saturated rings. The van der Waals surface area contributed by atoms with E-state index in [-0.39, 0.29) is 34.1 Å². The molecule has 27 heavy (non-hydrogen) atoms. The number of hydrogen-bond acceptors (Lipinski definition) is 5. The van der Waals surface area contributed by atoms with Gasteiger partial charge in [0.2, 0.25) is 0 Å². The SMILES string of the molecule is CN(/C(N)=C/C=C(\N)c1c(O)cc(Br)cc1F)C1CC(C)(C)NC(C)(C)C1. The third-order valence-corrected chi connectivity index (χ3v) is 5.34. The molecule has 1 saturated heterocycles. The molecule has 5 nitrogen and oxygen atoms in total. The molecule has 1 aromatic carbocycles. The summed E-state index contributed by atoms with van der Waals surface area (Å²) in [5.41, 5.74) is 12.3. The van der Waals surface area contributed by atoms with E-state index in [1.165, 1.54) is 18.2 Å². The van der Waals surface area contributed by atoms with E-state index >= 15 is 0 Å². The Bertz CT molecular complexity index is 734. The largest absolute Gasteiger partial charge is 0.507 e. The zero-order valence-corrected chi connectivity index (χ0v) is 18.2. The molecule has 1 aliphatic rings. The zero-order valence-electron chi connectivity index (χ0n) is 16.6. The van der Waals surface area contributed by atoms with E-state index in [1.807, 2.05) is 11.9 Å². The number of phenols is 1. The van der Waals surface area contributed by atoms with Crippen LogP contribution in [0.3, 0.4) is 0 Å². The molecule has 0 saturated carbocycles. The Labute approximate surface area is 169 Å². The van der Waals surface area contributed by atoms with Crippen LogP contribution < -0.4 is 16.8 Å². The van der Waals surface area contributed by atoms with Crippen molar-refractivity contribution in [3.05, 3.63) is 46.0 Å². The molecule has 0 unspecified atom stereocenters. The van der Waals surface area contributed by atoms with Crippen LogP contribution in [-0.2, 0) is 0 Å². The van der Waals surface area contributed by atoms with Crippen LogP contribution in [0.4, 0.5) is 4.39 Å². The first-order valence-electron chi connectivity index (χ1n) is 8.95. The van der Waals surface area contributed by atoms with Gasteiger partial charge in [0, 0.05) is 34.3 Å². The normalized spacial score (nSPS) is 20.6. The summed E-state index contributed by atoms with van der Waals surface area (Å²) in [5, 5.41) is 13.6. The van der Waals surface area contributed by atoms with Crippen LogP contribution in [0, 0.1) is 5.82 Å². The Morgan fingerprint density at radius 3 is 2.30 bits per heavy atom. The van der Waals surface area contributed by atoms with Gasteiger partial charge >= 0.3 is 0 Å². The van der Waals surface area contributed by atoms with Crippen molar-refractivity contribution >= 4 is 21.6 Å². The lowest BCUT2D eigenvalue weighted by Crippen LogP contribution is -2.61. The zero-order chi connectivity index (χ0) is 20.6. The summed E-state index contributed by atoms with van der Waals surface area (Å²) < 4.78 is 14.6. The third kappa shape index (κ3) is 5.39. The number of halogens is 2. The summed E-state index contributed by atoms with van der Waals surface area (Å²) in [6.45, 7) is 8.74. The molecule has 0 spiro atoms. The van der Waals surface area contributed by atoms with Gasteiger partial charge in [-0.05, 0) is 64.8 Å². The second kappa shape index (κ2) is 7.72. The van der Waals surface area contributed by atoms with Gasteiger partial charge in [-0.15, -0.1) is 0 Å². The van der Waals surface area contributed by atoms with E-state index < -0.39 is 5.82 Å². The van der Waals surface area contributed by atoms with E-state index in [2.05, 4.69) is 48.9 Å². The average Bonchev–Trinajstić information content (AvgIpc) is 2.47. The number of hydrogen-bond donors (Lipinski definition) is 4. The molecular weight excluding hydrogens is 411 g/mol. The number of phenolic OH excluding ortho intramolecular Hbond substituents is 1. The molecule has 1 heterocycles. The van der Waals surface area contributed by atoms with Crippen molar-refractivity contribution in [1.82, 2.24) is 10.2 Å². The van der Waals surface area contributed by atoms with Gasteiger partial charge in [-0.1, -0.05) is 15.9 Å². The molecule has 6 N–H and O–H groups in total. The van der Waals surface area contributed by atoms with Gasteiger partial charge in [0.15, 0.2) is 0 Å².